The lowest BCUT2D eigenvalue weighted by Gasteiger charge is -2.21. The van der Waals surface area contributed by atoms with Crippen molar-refractivity contribution in [1.82, 2.24) is 0 Å². The molecule has 2 heterocycles. The predicted molar refractivity (Wildman–Crippen MR) is 94.7 cm³/mol. The molecular formula is C18H14ClFN4O2. The molecule has 26 heavy (non-hydrogen) atoms. The zero-order valence-corrected chi connectivity index (χ0v) is 14.7. The van der Waals surface area contributed by atoms with Crippen LogP contribution in [-0.4, -0.2) is 23.9 Å². The highest BCUT2D eigenvalue weighted by molar-refractivity contribution is 6.31. The number of imide groups is 1. The van der Waals surface area contributed by atoms with Crippen LogP contribution in [-0.2, 0) is 9.59 Å². The molecule has 2 atom stereocenters. The summed E-state index contributed by atoms with van der Waals surface area (Å²) in [5.74, 6) is -1.50. The van der Waals surface area contributed by atoms with Gasteiger partial charge in [-0.2, -0.15) is 5.11 Å². The smallest absolute Gasteiger partial charge is 0.263 e. The summed E-state index contributed by atoms with van der Waals surface area (Å²) in [6, 6.07) is 7.62. The summed E-state index contributed by atoms with van der Waals surface area (Å²) in [5, 5.41) is 9.85. The predicted octanol–water partition coefficient (Wildman–Crippen LogP) is 3.59. The summed E-state index contributed by atoms with van der Waals surface area (Å²) in [6.45, 7) is 3.47. The summed E-state index contributed by atoms with van der Waals surface area (Å²) in [4.78, 5) is 26.6. The molecule has 0 bridgehead atoms. The molecule has 0 saturated carbocycles. The summed E-state index contributed by atoms with van der Waals surface area (Å²) < 4.78 is 13.9. The minimum Gasteiger partial charge on any atom is -0.271 e. The number of benzene rings is 2. The Hall–Kier alpha value is -2.80. The van der Waals surface area contributed by atoms with Gasteiger partial charge in [0.15, 0.2) is 12.1 Å². The summed E-state index contributed by atoms with van der Waals surface area (Å²) >= 11 is 6.15. The monoisotopic (exact) mass is 372 g/mol. The van der Waals surface area contributed by atoms with E-state index in [1.54, 1.807) is 31.2 Å². The van der Waals surface area contributed by atoms with Crippen molar-refractivity contribution in [2.45, 2.75) is 25.9 Å². The first-order valence-electron chi connectivity index (χ1n) is 7.98. The van der Waals surface area contributed by atoms with E-state index in [0.29, 0.717) is 16.3 Å². The second kappa shape index (κ2) is 5.88. The number of carbonyl (C=O) groups is 2. The number of amides is 2. The molecule has 0 aromatic heterocycles. The van der Waals surface area contributed by atoms with E-state index in [2.05, 4.69) is 10.3 Å². The van der Waals surface area contributed by atoms with Crippen molar-refractivity contribution < 1.29 is 14.0 Å². The molecule has 0 spiro atoms. The zero-order valence-electron chi connectivity index (χ0n) is 14.0. The van der Waals surface area contributed by atoms with Crippen LogP contribution in [0.15, 0.2) is 46.7 Å². The van der Waals surface area contributed by atoms with Gasteiger partial charge in [0.25, 0.3) is 11.8 Å². The third-order valence-corrected chi connectivity index (χ3v) is 5.02. The van der Waals surface area contributed by atoms with Crippen molar-refractivity contribution in [3.63, 3.8) is 0 Å². The summed E-state index contributed by atoms with van der Waals surface area (Å²) in [7, 11) is 0. The van der Waals surface area contributed by atoms with Gasteiger partial charge in [-0.3, -0.25) is 9.59 Å². The highest BCUT2D eigenvalue weighted by Gasteiger charge is 2.55. The van der Waals surface area contributed by atoms with Gasteiger partial charge in [-0.1, -0.05) is 29.0 Å². The molecule has 1 saturated heterocycles. The Balaban J connectivity index is 1.71. The number of halogens is 2. The molecule has 6 nitrogen and oxygen atoms in total. The lowest BCUT2D eigenvalue weighted by molar-refractivity contribution is -0.121. The number of hydrogen-bond donors (Lipinski definition) is 0. The highest BCUT2D eigenvalue weighted by Crippen LogP contribution is 2.36. The largest absolute Gasteiger partial charge is 0.271 e. The third kappa shape index (κ3) is 2.39. The average Bonchev–Trinajstić information content (AvgIpc) is 3.14. The molecular weight excluding hydrogens is 359 g/mol. The fourth-order valence-electron chi connectivity index (χ4n) is 3.07. The molecule has 2 aromatic carbocycles. The van der Waals surface area contributed by atoms with Gasteiger partial charge in [-0.15, -0.1) is 0 Å². The van der Waals surface area contributed by atoms with E-state index in [4.69, 9.17) is 11.6 Å². The first kappa shape index (κ1) is 16.7. The van der Waals surface area contributed by atoms with Gasteiger partial charge in [0.05, 0.1) is 11.4 Å². The third-order valence-electron chi connectivity index (χ3n) is 4.62. The number of anilines is 2. The molecule has 0 aliphatic carbocycles. The minimum atomic E-state index is -0.952. The van der Waals surface area contributed by atoms with E-state index in [1.165, 1.54) is 17.1 Å². The van der Waals surface area contributed by atoms with E-state index in [0.717, 1.165) is 10.5 Å². The number of aryl methyl sites for hydroxylation is 2. The Bertz CT molecular complexity index is 978. The number of rotatable bonds is 2. The second-order valence-electron chi connectivity index (χ2n) is 6.32. The molecule has 0 radical (unpaired) electrons. The maximum Gasteiger partial charge on any atom is 0.263 e. The molecule has 2 aromatic rings. The van der Waals surface area contributed by atoms with Gasteiger partial charge in [-0.05, 0) is 49.2 Å². The van der Waals surface area contributed by atoms with Crippen LogP contribution < -0.4 is 9.91 Å². The number of fused-ring (bicyclic) bond motifs is 1. The second-order valence-corrected chi connectivity index (χ2v) is 6.73. The maximum absolute atomic E-state index is 13.9. The minimum absolute atomic E-state index is 0.189. The first-order chi connectivity index (χ1) is 12.4. The van der Waals surface area contributed by atoms with Crippen molar-refractivity contribution >= 4 is 34.8 Å². The van der Waals surface area contributed by atoms with E-state index in [-0.39, 0.29) is 5.69 Å². The van der Waals surface area contributed by atoms with Crippen LogP contribution in [0.1, 0.15) is 11.1 Å². The lowest BCUT2D eigenvalue weighted by atomic mass is 10.1. The SMILES string of the molecule is Cc1ccc(N2C(=O)[C@@H]3N=NN(c4ccc(C)c(Cl)c4)[C@H]3C2=O)cc1F. The van der Waals surface area contributed by atoms with Crippen LogP contribution in [0.25, 0.3) is 0 Å². The van der Waals surface area contributed by atoms with E-state index < -0.39 is 29.7 Å². The van der Waals surface area contributed by atoms with Crippen molar-refractivity contribution in [1.29, 1.82) is 0 Å². The van der Waals surface area contributed by atoms with Crippen LogP contribution in [0.4, 0.5) is 15.8 Å². The summed E-state index contributed by atoms with van der Waals surface area (Å²) in [6.07, 6.45) is 0. The van der Waals surface area contributed by atoms with Crippen molar-refractivity contribution in [3.05, 3.63) is 58.4 Å². The molecule has 8 heteroatoms. The number of nitrogens with zero attached hydrogens (tertiary/aromatic N) is 4. The normalized spacial score (nSPS) is 21.7. The molecule has 1 fully saturated rings. The lowest BCUT2D eigenvalue weighted by Crippen LogP contribution is -2.40. The maximum atomic E-state index is 13.9. The molecule has 0 N–H and O–H groups in total. The fourth-order valence-corrected chi connectivity index (χ4v) is 3.25. The van der Waals surface area contributed by atoms with E-state index in [9.17, 15) is 14.0 Å². The van der Waals surface area contributed by atoms with Crippen molar-refractivity contribution in [2.24, 2.45) is 10.3 Å². The average molecular weight is 373 g/mol. The molecule has 2 aliphatic rings. The molecule has 2 aliphatic heterocycles. The topological polar surface area (TPSA) is 65.3 Å². The van der Waals surface area contributed by atoms with Crippen LogP contribution >= 0.6 is 11.6 Å². The quantitative estimate of drug-likeness (QED) is 0.756. The number of hydrogen-bond acceptors (Lipinski definition) is 5. The highest BCUT2D eigenvalue weighted by atomic mass is 35.5. The van der Waals surface area contributed by atoms with Gasteiger partial charge in [0.2, 0.25) is 0 Å². The Labute approximate surface area is 153 Å². The molecule has 2 amide bonds. The molecule has 4 rings (SSSR count). The van der Waals surface area contributed by atoms with Crippen molar-refractivity contribution in [2.75, 3.05) is 9.91 Å². The van der Waals surface area contributed by atoms with Gasteiger partial charge < -0.3 is 0 Å². The fraction of sp³-hybridized carbons (Fsp3) is 0.222. The van der Waals surface area contributed by atoms with Crippen LogP contribution in [0.2, 0.25) is 5.02 Å². The van der Waals surface area contributed by atoms with Gasteiger partial charge in [0, 0.05) is 5.02 Å². The summed E-state index contributed by atoms with van der Waals surface area (Å²) in [5.41, 5.74) is 2.07. The van der Waals surface area contributed by atoms with Crippen LogP contribution in [0.3, 0.4) is 0 Å². The Morgan fingerprint density at radius 1 is 1.00 bits per heavy atom. The zero-order chi connectivity index (χ0) is 18.6. The van der Waals surface area contributed by atoms with E-state index >= 15 is 0 Å². The standard InChI is InChI=1S/C18H14ClFN4O2/c1-9-3-6-12(7-13(9)19)24-16-15(21-22-24)17(25)23(18(16)26)11-5-4-10(2)14(20)8-11/h3-8,15-16H,1-2H3/t15-,16-/m1/s1. The van der Waals surface area contributed by atoms with Gasteiger partial charge in [0.1, 0.15) is 5.82 Å². The number of carbonyl (C=O) groups excluding carboxylic acids is 2. The van der Waals surface area contributed by atoms with Gasteiger partial charge >= 0.3 is 0 Å². The Kier molecular flexibility index (Phi) is 3.77. The Morgan fingerprint density at radius 3 is 2.38 bits per heavy atom. The molecule has 132 valence electrons. The van der Waals surface area contributed by atoms with E-state index in [1.807, 2.05) is 6.92 Å². The Morgan fingerprint density at radius 2 is 1.69 bits per heavy atom. The van der Waals surface area contributed by atoms with Crippen LogP contribution in [0, 0.1) is 19.7 Å². The van der Waals surface area contributed by atoms with Crippen molar-refractivity contribution in [3.8, 4) is 0 Å². The molecule has 0 unspecified atom stereocenters. The first-order valence-corrected chi connectivity index (χ1v) is 8.36. The van der Waals surface area contributed by atoms with Gasteiger partial charge in [-0.25, -0.2) is 14.3 Å². The van der Waals surface area contributed by atoms with Crippen LogP contribution in [0.5, 0.6) is 0 Å².